The fourth-order valence-electron chi connectivity index (χ4n) is 3.90. The number of rotatable bonds is 6. The zero-order valence-electron chi connectivity index (χ0n) is 18.3. The van der Waals surface area contributed by atoms with Gasteiger partial charge in [-0.25, -0.2) is 13.2 Å². The molecule has 0 saturated carbocycles. The van der Waals surface area contributed by atoms with Crippen molar-refractivity contribution < 1.29 is 22.7 Å². The molecular formula is C24H24N2O5S2. The van der Waals surface area contributed by atoms with E-state index in [1.54, 1.807) is 30.3 Å². The van der Waals surface area contributed by atoms with Crippen molar-refractivity contribution in [2.24, 2.45) is 5.92 Å². The molecule has 0 aliphatic heterocycles. The molecule has 0 radical (unpaired) electrons. The van der Waals surface area contributed by atoms with E-state index in [4.69, 9.17) is 4.74 Å². The molecule has 3 aromatic rings. The Labute approximate surface area is 196 Å². The Bertz CT molecular complexity index is 1300. The molecular weight excluding hydrogens is 460 g/mol. The maximum absolute atomic E-state index is 13.2. The van der Waals surface area contributed by atoms with E-state index in [0.717, 1.165) is 29.7 Å². The van der Waals surface area contributed by atoms with Crippen molar-refractivity contribution in [1.29, 1.82) is 0 Å². The van der Waals surface area contributed by atoms with Gasteiger partial charge in [-0.15, -0.1) is 11.3 Å². The maximum atomic E-state index is 13.2. The number of esters is 1. The monoisotopic (exact) mass is 484 g/mol. The summed E-state index contributed by atoms with van der Waals surface area (Å²) in [5, 5.41) is 3.25. The summed E-state index contributed by atoms with van der Waals surface area (Å²) < 4.78 is 33.0. The molecule has 2 N–H and O–H groups in total. The average Bonchev–Trinajstić information content (AvgIpc) is 3.15. The summed E-state index contributed by atoms with van der Waals surface area (Å²) in [6, 6.07) is 14.3. The Kier molecular flexibility index (Phi) is 6.53. The van der Waals surface area contributed by atoms with E-state index in [1.165, 1.54) is 42.7 Å². The first-order valence-corrected chi connectivity index (χ1v) is 12.8. The van der Waals surface area contributed by atoms with E-state index in [0.29, 0.717) is 16.5 Å². The smallest absolute Gasteiger partial charge is 0.341 e. The second kappa shape index (κ2) is 9.36. The molecule has 0 spiro atoms. The number of fused-ring (bicyclic) bond motifs is 1. The van der Waals surface area contributed by atoms with Crippen molar-refractivity contribution in [2.75, 3.05) is 17.1 Å². The van der Waals surface area contributed by atoms with Crippen LogP contribution in [0.4, 0.5) is 10.7 Å². The summed E-state index contributed by atoms with van der Waals surface area (Å²) in [4.78, 5) is 26.9. The fraction of sp³-hybridized carbons (Fsp3) is 0.250. The summed E-state index contributed by atoms with van der Waals surface area (Å²) in [5.74, 6) is -0.508. The van der Waals surface area contributed by atoms with E-state index in [9.17, 15) is 18.0 Å². The highest BCUT2D eigenvalue weighted by molar-refractivity contribution is 7.92. The Morgan fingerprint density at radius 1 is 1.06 bits per heavy atom. The van der Waals surface area contributed by atoms with Gasteiger partial charge in [0.2, 0.25) is 0 Å². The molecule has 0 fully saturated rings. The van der Waals surface area contributed by atoms with Crippen LogP contribution in [0.15, 0.2) is 59.5 Å². The number of thiophene rings is 1. The number of carbonyl (C=O) groups excluding carboxylic acids is 2. The topological polar surface area (TPSA) is 102 Å². The van der Waals surface area contributed by atoms with Crippen molar-refractivity contribution in [1.82, 2.24) is 0 Å². The Morgan fingerprint density at radius 2 is 1.76 bits per heavy atom. The summed E-state index contributed by atoms with van der Waals surface area (Å²) in [6.07, 6.45) is 2.55. The van der Waals surface area contributed by atoms with Crippen molar-refractivity contribution in [2.45, 2.75) is 31.1 Å². The fourth-order valence-corrected chi connectivity index (χ4v) is 6.40. The predicted molar refractivity (Wildman–Crippen MR) is 128 cm³/mol. The lowest BCUT2D eigenvalue weighted by molar-refractivity contribution is 0.0601. The first-order chi connectivity index (χ1) is 15.8. The molecule has 1 unspecified atom stereocenters. The van der Waals surface area contributed by atoms with Crippen LogP contribution >= 0.6 is 11.3 Å². The lowest BCUT2D eigenvalue weighted by atomic mass is 9.88. The first kappa shape index (κ1) is 23.0. The Balaban J connectivity index is 1.65. The summed E-state index contributed by atoms with van der Waals surface area (Å²) in [7, 11) is -2.56. The third-order valence-corrected chi connectivity index (χ3v) is 8.15. The van der Waals surface area contributed by atoms with Gasteiger partial charge in [-0.05, 0) is 55.0 Å². The number of nitrogens with one attached hydrogen (secondary N) is 2. The number of para-hydroxylation sites is 1. The molecule has 2 aromatic carbocycles. The van der Waals surface area contributed by atoms with Crippen LogP contribution in [0.2, 0.25) is 0 Å². The quantitative estimate of drug-likeness (QED) is 0.493. The highest BCUT2D eigenvalue weighted by atomic mass is 32.2. The van der Waals surface area contributed by atoms with Gasteiger partial charge in [-0.3, -0.25) is 9.52 Å². The van der Waals surface area contributed by atoms with E-state index >= 15 is 0 Å². The summed E-state index contributed by atoms with van der Waals surface area (Å²) >= 11 is 1.38. The first-order valence-electron chi connectivity index (χ1n) is 10.5. The van der Waals surface area contributed by atoms with Crippen LogP contribution in [-0.2, 0) is 27.6 Å². The second-order valence-electron chi connectivity index (χ2n) is 7.97. The van der Waals surface area contributed by atoms with Gasteiger partial charge in [0.05, 0.1) is 28.8 Å². The Morgan fingerprint density at radius 3 is 2.48 bits per heavy atom. The zero-order valence-corrected chi connectivity index (χ0v) is 19.9. The van der Waals surface area contributed by atoms with Gasteiger partial charge < -0.3 is 10.1 Å². The van der Waals surface area contributed by atoms with E-state index in [1.807, 2.05) is 0 Å². The second-order valence-corrected chi connectivity index (χ2v) is 10.8. The Hall–Kier alpha value is -3.17. The van der Waals surface area contributed by atoms with Gasteiger partial charge >= 0.3 is 5.97 Å². The molecule has 1 aliphatic rings. The highest BCUT2D eigenvalue weighted by Gasteiger charge is 2.29. The number of amides is 1. The summed E-state index contributed by atoms with van der Waals surface area (Å²) in [5.41, 5.74) is 1.61. The molecule has 1 atom stereocenters. The van der Waals surface area contributed by atoms with E-state index < -0.39 is 21.9 Å². The molecule has 33 heavy (non-hydrogen) atoms. The number of ether oxygens (including phenoxy) is 1. The molecule has 4 rings (SSSR count). The van der Waals surface area contributed by atoms with Crippen molar-refractivity contribution in [3.63, 3.8) is 0 Å². The molecule has 172 valence electrons. The molecule has 1 aliphatic carbocycles. The van der Waals surface area contributed by atoms with Crippen molar-refractivity contribution in [3.05, 3.63) is 76.2 Å². The third kappa shape index (κ3) is 4.79. The van der Waals surface area contributed by atoms with Crippen LogP contribution in [0.5, 0.6) is 0 Å². The van der Waals surface area contributed by atoms with Crippen LogP contribution in [0.1, 0.15) is 44.5 Å². The molecule has 1 aromatic heterocycles. The number of carbonyl (C=O) groups is 2. The summed E-state index contributed by atoms with van der Waals surface area (Å²) in [6.45, 7) is 2.16. The predicted octanol–water partition coefficient (Wildman–Crippen LogP) is 4.71. The number of methoxy groups -OCH3 is 1. The highest BCUT2D eigenvalue weighted by Crippen LogP contribution is 2.40. The van der Waals surface area contributed by atoms with Gasteiger partial charge in [-0.1, -0.05) is 37.3 Å². The lowest BCUT2D eigenvalue weighted by Crippen LogP contribution is -2.19. The standard InChI is InChI=1S/C24H24N2O5S2/c1-15-12-13-18-20(14-15)32-23(21(18)24(28)31-2)25-22(27)17-10-6-7-11-19(17)26-33(29,30)16-8-4-3-5-9-16/h3-11,15,26H,12-14H2,1-2H3,(H,25,27). The van der Waals surface area contributed by atoms with Crippen molar-refractivity contribution in [3.8, 4) is 0 Å². The normalized spacial score (nSPS) is 15.4. The molecule has 0 bridgehead atoms. The van der Waals surface area contributed by atoms with Gasteiger partial charge in [0.25, 0.3) is 15.9 Å². The van der Waals surface area contributed by atoms with Crippen LogP contribution in [-0.4, -0.2) is 27.4 Å². The molecule has 1 amide bonds. The minimum Gasteiger partial charge on any atom is -0.465 e. The number of sulfonamides is 1. The van der Waals surface area contributed by atoms with Crippen LogP contribution < -0.4 is 10.0 Å². The molecule has 1 heterocycles. The minimum atomic E-state index is -3.88. The largest absolute Gasteiger partial charge is 0.465 e. The zero-order chi connectivity index (χ0) is 23.6. The average molecular weight is 485 g/mol. The number of hydrogen-bond donors (Lipinski definition) is 2. The van der Waals surface area contributed by atoms with Crippen molar-refractivity contribution >= 4 is 43.9 Å². The number of hydrogen-bond acceptors (Lipinski definition) is 6. The van der Waals surface area contributed by atoms with Gasteiger partial charge in [-0.2, -0.15) is 0 Å². The third-order valence-electron chi connectivity index (χ3n) is 5.60. The minimum absolute atomic E-state index is 0.0910. The van der Waals surface area contributed by atoms with Gasteiger partial charge in [0.15, 0.2) is 0 Å². The molecule has 0 saturated heterocycles. The SMILES string of the molecule is COC(=O)c1c(NC(=O)c2ccccc2NS(=O)(=O)c2ccccc2)sc2c1CCC(C)C2. The van der Waals surface area contributed by atoms with Gasteiger partial charge in [0, 0.05) is 4.88 Å². The van der Waals surface area contributed by atoms with E-state index in [2.05, 4.69) is 17.0 Å². The maximum Gasteiger partial charge on any atom is 0.341 e. The van der Waals surface area contributed by atoms with Gasteiger partial charge in [0.1, 0.15) is 5.00 Å². The number of benzene rings is 2. The van der Waals surface area contributed by atoms with E-state index in [-0.39, 0.29) is 16.1 Å². The molecule has 9 heteroatoms. The molecule has 7 nitrogen and oxygen atoms in total. The van der Waals surface area contributed by atoms with Crippen LogP contribution in [0.25, 0.3) is 0 Å². The lowest BCUT2D eigenvalue weighted by Gasteiger charge is -2.18. The van der Waals surface area contributed by atoms with Crippen LogP contribution in [0, 0.1) is 5.92 Å². The number of anilines is 2. The van der Waals surface area contributed by atoms with Crippen LogP contribution in [0.3, 0.4) is 0 Å².